The molecule has 0 bridgehead atoms. The first-order chi connectivity index (χ1) is 15.7. The van der Waals surface area contributed by atoms with Crippen LogP contribution in [-0.4, -0.2) is 54.6 Å². The molecule has 1 aliphatic rings. The van der Waals surface area contributed by atoms with Crippen molar-refractivity contribution in [3.05, 3.63) is 81.0 Å². The zero-order chi connectivity index (χ0) is 23.8. The molecule has 3 aromatic rings. The summed E-state index contributed by atoms with van der Waals surface area (Å²) in [6.07, 6.45) is 0. The van der Waals surface area contributed by atoms with E-state index in [2.05, 4.69) is 0 Å². The molecule has 2 aromatic carbocycles. The lowest BCUT2D eigenvalue weighted by atomic mass is 10.1. The molecule has 0 atom stereocenters. The molecule has 1 fully saturated rings. The molecule has 0 saturated carbocycles. The van der Waals surface area contributed by atoms with Gasteiger partial charge in [-0.15, -0.1) is 11.3 Å². The van der Waals surface area contributed by atoms with Crippen molar-refractivity contribution in [1.29, 1.82) is 0 Å². The Morgan fingerprint density at radius 2 is 1.70 bits per heavy atom. The summed E-state index contributed by atoms with van der Waals surface area (Å²) in [5.74, 6) is -0.544. The first kappa shape index (κ1) is 23.0. The number of carbonyl (C=O) groups is 1. The van der Waals surface area contributed by atoms with Crippen LogP contribution in [0, 0.1) is 22.9 Å². The number of hydrogen-bond acceptors (Lipinski definition) is 6. The van der Waals surface area contributed by atoms with Crippen molar-refractivity contribution in [3.8, 4) is 10.4 Å². The van der Waals surface area contributed by atoms with E-state index >= 15 is 0 Å². The van der Waals surface area contributed by atoms with Crippen LogP contribution in [0.15, 0.2) is 59.5 Å². The number of amides is 1. The van der Waals surface area contributed by atoms with Gasteiger partial charge in [-0.1, -0.05) is 24.3 Å². The predicted molar refractivity (Wildman–Crippen MR) is 122 cm³/mol. The first-order valence-electron chi connectivity index (χ1n) is 10.1. The number of sulfonamides is 1. The molecule has 0 N–H and O–H groups in total. The zero-order valence-corrected chi connectivity index (χ0v) is 19.2. The largest absolute Gasteiger partial charge is 0.335 e. The fourth-order valence-corrected chi connectivity index (χ4v) is 6.45. The Morgan fingerprint density at radius 1 is 1.06 bits per heavy atom. The second-order valence-corrected chi connectivity index (χ2v) is 10.5. The molecule has 4 rings (SSSR count). The predicted octanol–water partition coefficient (Wildman–Crippen LogP) is 3.92. The number of piperazine rings is 1. The number of rotatable bonds is 5. The summed E-state index contributed by atoms with van der Waals surface area (Å²) in [6.45, 7) is 2.29. The van der Waals surface area contributed by atoms with E-state index in [4.69, 9.17) is 0 Å². The molecule has 0 spiro atoms. The molecule has 0 unspecified atom stereocenters. The van der Waals surface area contributed by atoms with Crippen LogP contribution >= 0.6 is 11.3 Å². The number of benzene rings is 2. The minimum atomic E-state index is -4.07. The van der Waals surface area contributed by atoms with Gasteiger partial charge in [0, 0.05) is 37.1 Å². The van der Waals surface area contributed by atoms with Crippen LogP contribution in [0.4, 0.5) is 10.1 Å². The van der Waals surface area contributed by atoms with Crippen LogP contribution in [0.5, 0.6) is 0 Å². The van der Waals surface area contributed by atoms with Crippen LogP contribution < -0.4 is 0 Å². The molecule has 2 heterocycles. The molecule has 0 aliphatic carbocycles. The first-order valence-corrected chi connectivity index (χ1v) is 12.3. The second-order valence-electron chi connectivity index (χ2n) is 7.55. The van der Waals surface area contributed by atoms with Gasteiger partial charge in [0.2, 0.25) is 10.0 Å². The minimum Gasteiger partial charge on any atom is -0.335 e. The van der Waals surface area contributed by atoms with Gasteiger partial charge in [-0.25, -0.2) is 12.8 Å². The van der Waals surface area contributed by atoms with Crippen molar-refractivity contribution in [3.63, 3.8) is 0 Å². The van der Waals surface area contributed by atoms with Crippen molar-refractivity contribution < 1.29 is 22.5 Å². The number of para-hydroxylation sites is 1. The van der Waals surface area contributed by atoms with Gasteiger partial charge in [0.1, 0.15) is 5.82 Å². The lowest BCUT2D eigenvalue weighted by Crippen LogP contribution is -2.50. The van der Waals surface area contributed by atoms with E-state index in [1.165, 1.54) is 46.0 Å². The third-order valence-corrected chi connectivity index (χ3v) is 8.66. The van der Waals surface area contributed by atoms with Gasteiger partial charge in [-0.3, -0.25) is 14.9 Å². The smallest absolute Gasteiger partial charge is 0.289 e. The van der Waals surface area contributed by atoms with E-state index in [0.29, 0.717) is 4.88 Å². The van der Waals surface area contributed by atoms with Gasteiger partial charge in [0.05, 0.1) is 9.80 Å². The Morgan fingerprint density at radius 3 is 2.33 bits per heavy atom. The fourth-order valence-electron chi connectivity index (χ4n) is 3.73. The van der Waals surface area contributed by atoms with Crippen LogP contribution in [-0.2, 0) is 10.0 Å². The molecule has 1 saturated heterocycles. The normalized spacial score (nSPS) is 14.9. The Balaban J connectivity index is 1.48. The van der Waals surface area contributed by atoms with Crippen molar-refractivity contribution >= 4 is 33.0 Å². The summed E-state index contributed by atoms with van der Waals surface area (Å²) in [5, 5.41) is 11.3. The number of hydrogen-bond donors (Lipinski definition) is 0. The minimum absolute atomic E-state index is 0.0370. The maximum absolute atomic E-state index is 13.2. The Labute approximate surface area is 194 Å². The van der Waals surface area contributed by atoms with Crippen molar-refractivity contribution in [1.82, 2.24) is 9.21 Å². The topological polar surface area (TPSA) is 101 Å². The second kappa shape index (κ2) is 9.00. The lowest BCUT2D eigenvalue weighted by Gasteiger charge is -2.33. The lowest BCUT2D eigenvalue weighted by molar-refractivity contribution is -0.387. The maximum Gasteiger partial charge on any atom is 0.289 e. The summed E-state index contributed by atoms with van der Waals surface area (Å²) in [5.41, 5.74) is 1.24. The van der Waals surface area contributed by atoms with E-state index in [9.17, 15) is 27.7 Å². The molecule has 1 aromatic heterocycles. The van der Waals surface area contributed by atoms with E-state index in [1.807, 2.05) is 6.92 Å². The summed E-state index contributed by atoms with van der Waals surface area (Å²) in [4.78, 5) is 26.2. The number of halogens is 1. The molecule has 172 valence electrons. The van der Waals surface area contributed by atoms with Crippen molar-refractivity contribution in [2.45, 2.75) is 11.8 Å². The number of nitro groups is 1. The standard InChI is InChI=1S/C22H20FN3O5S2/c1-15-14-19(32-21(15)16-6-8-17(23)9-7-16)22(27)24-10-12-25(13-11-24)33(30,31)20-5-3-2-4-18(20)26(28)29/h2-9,14H,10-13H2,1H3. The monoisotopic (exact) mass is 489 g/mol. The molecule has 33 heavy (non-hydrogen) atoms. The van der Waals surface area contributed by atoms with Gasteiger partial charge in [-0.2, -0.15) is 4.31 Å². The van der Waals surface area contributed by atoms with E-state index < -0.39 is 20.6 Å². The highest BCUT2D eigenvalue weighted by molar-refractivity contribution is 7.89. The number of nitro benzene ring substituents is 1. The molecule has 1 amide bonds. The summed E-state index contributed by atoms with van der Waals surface area (Å²) in [6, 6.07) is 13.1. The summed E-state index contributed by atoms with van der Waals surface area (Å²) < 4.78 is 40.4. The molecule has 1 aliphatic heterocycles. The average Bonchev–Trinajstić information content (AvgIpc) is 3.20. The molecule has 8 nitrogen and oxygen atoms in total. The fraction of sp³-hybridized carbons (Fsp3) is 0.227. The number of nitrogens with zero attached hydrogens (tertiary/aromatic N) is 3. The number of aryl methyl sites for hydroxylation is 1. The molecule has 11 heteroatoms. The van der Waals surface area contributed by atoms with Crippen LogP contribution in [0.2, 0.25) is 0 Å². The quantitative estimate of drug-likeness (QED) is 0.399. The van der Waals surface area contributed by atoms with Crippen LogP contribution in [0.3, 0.4) is 0 Å². The van der Waals surface area contributed by atoms with Gasteiger partial charge >= 0.3 is 0 Å². The van der Waals surface area contributed by atoms with E-state index in [1.54, 1.807) is 23.1 Å². The van der Waals surface area contributed by atoms with Gasteiger partial charge in [0.25, 0.3) is 11.6 Å². The molecular formula is C22H20FN3O5S2. The van der Waals surface area contributed by atoms with E-state index in [0.717, 1.165) is 22.1 Å². The van der Waals surface area contributed by atoms with Crippen molar-refractivity contribution in [2.24, 2.45) is 0 Å². The van der Waals surface area contributed by atoms with Crippen LogP contribution in [0.25, 0.3) is 10.4 Å². The van der Waals surface area contributed by atoms with Gasteiger partial charge in [-0.05, 0) is 42.3 Å². The molecule has 0 radical (unpaired) electrons. The summed E-state index contributed by atoms with van der Waals surface area (Å²) in [7, 11) is -4.07. The van der Waals surface area contributed by atoms with Gasteiger partial charge < -0.3 is 4.90 Å². The van der Waals surface area contributed by atoms with Gasteiger partial charge in [0.15, 0.2) is 4.90 Å². The maximum atomic E-state index is 13.2. The Hall–Kier alpha value is -3.15. The third-order valence-electron chi connectivity index (χ3n) is 5.44. The third kappa shape index (κ3) is 4.52. The Kier molecular flexibility index (Phi) is 6.28. The van der Waals surface area contributed by atoms with E-state index in [-0.39, 0.29) is 42.8 Å². The average molecular weight is 490 g/mol. The number of thiophene rings is 1. The number of carbonyl (C=O) groups excluding carboxylic acids is 1. The van der Waals surface area contributed by atoms with Crippen LogP contribution in [0.1, 0.15) is 15.2 Å². The highest BCUT2D eigenvalue weighted by Gasteiger charge is 2.34. The highest BCUT2D eigenvalue weighted by Crippen LogP contribution is 2.33. The zero-order valence-electron chi connectivity index (χ0n) is 17.6. The summed E-state index contributed by atoms with van der Waals surface area (Å²) >= 11 is 1.31. The van der Waals surface area contributed by atoms with Crippen molar-refractivity contribution in [2.75, 3.05) is 26.2 Å². The highest BCUT2D eigenvalue weighted by atomic mass is 32.2. The Bertz CT molecular complexity index is 1310. The SMILES string of the molecule is Cc1cc(C(=O)N2CCN(S(=O)(=O)c3ccccc3[N+](=O)[O-])CC2)sc1-c1ccc(F)cc1. The molecular weight excluding hydrogens is 469 g/mol.